The number of nitrogens with one attached hydrogen (secondary N) is 1. The Bertz CT molecular complexity index is 1490. The lowest BCUT2D eigenvalue weighted by atomic mass is 10.0. The number of methoxy groups -OCH3 is 1. The topological polar surface area (TPSA) is 64.4 Å². The van der Waals surface area contributed by atoms with Crippen LogP contribution >= 0.6 is 31.9 Å². The number of amides is 1. The number of hydrogen-bond donors (Lipinski definition) is 1. The third-order valence-electron chi connectivity index (χ3n) is 5.16. The van der Waals surface area contributed by atoms with Crippen LogP contribution in [-0.2, 0) is 0 Å². The van der Waals surface area contributed by atoms with E-state index in [2.05, 4.69) is 48.2 Å². The van der Waals surface area contributed by atoms with Gasteiger partial charge >= 0.3 is 0 Å². The SMILES string of the molecule is COc1ccc(C(=O)Nc2ccc3oc(-c4cccc5c(Br)cccc45)nc3c2)cc1Br. The molecule has 0 saturated carbocycles. The highest BCUT2D eigenvalue weighted by Gasteiger charge is 2.14. The van der Waals surface area contributed by atoms with Crippen LogP contribution in [0.25, 0.3) is 33.3 Å². The number of oxazole rings is 1. The average Bonchev–Trinajstić information content (AvgIpc) is 3.22. The second kappa shape index (κ2) is 8.41. The lowest BCUT2D eigenvalue weighted by molar-refractivity contribution is 0.102. The molecule has 1 heterocycles. The van der Waals surface area contributed by atoms with Gasteiger partial charge in [-0.25, -0.2) is 4.98 Å². The van der Waals surface area contributed by atoms with Crippen LogP contribution in [0.2, 0.25) is 0 Å². The average molecular weight is 552 g/mol. The monoisotopic (exact) mass is 550 g/mol. The van der Waals surface area contributed by atoms with Crippen molar-refractivity contribution < 1.29 is 13.9 Å². The van der Waals surface area contributed by atoms with E-state index in [1.54, 1.807) is 37.4 Å². The minimum Gasteiger partial charge on any atom is -0.496 e. The molecule has 158 valence electrons. The number of ether oxygens (including phenoxy) is 1. The molecule has 0 aliphatic rings. The van der Waals surface area contributed by atoms with Crippen molar-refractivity contribution in [1.29, 1.82) is 0 Å². The molecule has 1 amide bonds. The van der Waals surface area contributed by atoms with Crippen molar-refractivity contribution in [2.75, 3.05) is 12.4 Å². The molecule has 0 bridgehead atoms. The maximum Gasteiger partial charge on any atom is 0.255 e. The quantitative estimate of drug-likeness (QED) is 0.252. The van der Waals surface area contributed by atoms with Gasteiger partial charge in [-0.05, 0) is 75.2 Å². The van der Waals surface area contributed by atoms with Crippen LogP contribution in [0.4, 0.5) is 5.69 Å². The minimum absolute atomic E-state index is 0.227. The number of fused-ring (bicyclic) bond motifs is 2. The molecule has 0 spiro atoms. The Morgan fingerprint density at radius 1 is 0.938 bits per heavy atom. The van der Waals surface area contributed by atoms with E-state index in [9.17, 15) is 4.79 Å². The fourth-order valence-corrected chi connectivity index (χ4v) is 4.63. The van der Waals surface area contributed by atoms with Gasteiger partial charge in [0.05, 0.1) is 11.6 Å². The highest BCUT2D eigenvalue weighted by molar-refractivity contribution is 9.11. The third kappa shape index (κ3) is 3.78. The molecule has 0 saturated heterocycles. The molecule has 4 aromatic carbocycles. The molecule has 5 rings (SSSR count). The van der Waals surface area contributed by atoms with Gasteiger partial charge in [0.25, 0.3) is 5.91 Å². The van der Waals surface area contributed by atoms with Crippen molar-refractivity contribution in [1.82, 2.24) is 4.98 Å². The van der Waals surface area contributed by atoms with Crippen LogP contribution in [0, 0.1) is 0 Å². The minimum atomic E-state index is -0.227. The first-order chi connectivity index (χ1) is 15.5. The smallest absolute Gasteiger partial charge is 0.255 e. The van der Waals surface area contributed by atoms with Gasteiger partial charge in [0.2, 0.25) is 5.89 Å². The molecular weight excluding hydrogens is 536 g/mol. The van der Waals surface area contributed by atoms with E-state index >= 15 is 0 Å². The Labute approximate surface area is 200 Å². The summed E-state index contributed by atoms with van der Waals surface area (Å²) in [6.07, 6.45) is 0. The van der Waals surface area contributed by atoms with Gasteiger partial charge in [-0.2, -0.15) is 0 Å². The third-order valence-corrected chi connectivity index (χ3v) is 6.47. The van der Waals surface area contributed by atoms with E-state index in [4.69, 9.17) is 9.15 Å². The first-order valence-electron chi connectivity index (χ1n) is 9.76. The van der Waals surface area contributed by atoms with Crippen molar-refractivity contribution in [2.45, 2.75) is 0 Å². The molecule has 0 radical (unpaired) electrons. The van der Waals surface area contributed by atoms with Crippen molar-refractivity contribution >= 4 is 65.3 Å². The van der Waals surface area contributed by atoms with Gasteiger partial charge < -0.3 is 14.5 Å². The predicted octanol–water partition coefficient (Wildman–Crippen LogP) is 7.43. The number of aromatic nitrogens is 1. The maximum atomic E-state index is 12.7. The molecule has 0 aliphatic carbocycles. The molecule has 0 aliphatic heterocycles. The summed E-state index contributed by atoms with van der Waals surface area (Å²) in [4.78, 5) is 17.4. The van der Waals surface area contributed by atoms with Crippen LogP contribution in [0.15, 0.2) is 86.2 Å². The fraction of sp³-hybridized carbons (Fsp3) is 0.0400. The Morgan fingerprint density at radius 3 is 2.56 bits per heavy atom. The van der Waals surface area contributed by atoms with E-state index in [1.165, 1.54) is 0 Å². The zero-order valence-corrected chi connectivity index (χ0v) is 20.0. The van der Waals surface area contributed by atoms with Crippen LogP contribution in [0.1, 0.15) is 10.4 Å². The second-order valence-corrected chi connectivity index (χ2v) is 8.85. The molecule has 1 aromatic heterocycles. The van der Waals surface area contributed by atoms with Crippen LogP contribution < -0.4 is 10.1 Å². The van der Waals surface area contributed by atoms with E-state index in [1.807, 2.05) is 36.4 Å². The van der Waals surface area contributed by atoms with Crippen LogP contribution in [0.3, 0.4) is 0 Å². The normalized spacial score (nSPS) is 11.1. The van der Waals surface area contributed by atoms with E-state index in [0.717, 1.165) is 20.8 Å². The number of rotatable bonds is 4. The van der Waals surface area contributed by atoms with Gasteiger partial charge in [-0.3, -0.25) is 4.79 Å². The Kier molecular flexibility index (Phi) is 5.45. The summed E-state index contributed by atoms with van der Waals surface area (Å²) in [5.41, 5.74) is 3.38. The standard InChI is InChI=1S/C25H16Br2N2O3/c1-31-22-10-8-14(12-20(22)27)24(30)28-15-9-11-23-21(13-15)29-25(32-23)18-6-2-5-17-16(18)4-3-7-19(17)26/h2-13H,1H3,(H,28,30). The first kappa shape index (κ1) is 20.7. The molecule has 7 heteroatoms. The molecular formula is C25H16Br2N2O3. The molecule has 32 heavy (non-hydrogen) atoms. The largest absolute Gasteiger partial charge is 0.496 e. The Hall–Kier alpha value is -3.16. The number of carbonyl (C=O) groups is 1. The second-order valence-electron chi connectivity index (χ2n) is 7.15. The Balaban J connectivity index is 1.47. The van der Waals surface area contributed by atoms with Crippen molar-refractivity contribution in [3.05, 3.63) is 87.3 Å². The van der Waals surface area contributed by atoms with Crippen molar-refractivity contribution in [3.63, 3.8) is 0 Å². The number of carbonyl (C=O) groups excluding carboxylic acids is 1. The number of nitrogens with zero attached hydrogens (tertiary/aromatic N) is 1. The zero-order chi connectivity index (χ0) is 22.2. The maximum absolute atomic E-state index is 12.7. The van der Waals surface area contributed by atoms with E-state index < -0.39 is 0 Å². The number of halogens is 2. The van der Waals surface area contributed by atoms with E-state index in [0.29, 0.717) is 38.5 Å². The lowest BCUT2D eigenvalue weighted by Crippen LogP contribution is -2.11. The molecule has 1 N–H and O–H groups in total. The van der Waals surface area contributed by atoms with Crippen LogP contribution in [0.5, 0.6) is 5.75 Å². The summed E-state index contributed by atoms with van der Waals surface area (Å²) in [6.45, 7) is 0. The summed E-state index contributed by atoms with van der Waals surface area (Å²) in [7, 11) is 1.58. The number of benzene rings is 4. The van der Waals surface area contributed by atoms with Gasteiger partial charge in [-0.15, -0.1) is 0 Å². The van der Waals surface area contributed by atoms with Gasteiger partial charge in [0.1, 0.15) is 11.3 Å². The van der Waals surface area contributed by atoms with Crippen molar-refractivity contribution in [2.24, 2.45) is 0 Å². The summed E-state index contributed by atoms with van der Waals surface area (Å²) < 4.78 is 13.0. The Morgan fingerprint density at radius 2 is 1.75 bits per heavy atom. The number of hydrogen-bond acceptors (Lipinski definition) is 4. The van der Waals surface area contributed by atoms with Gasteiger partial charge in [0, 0.05) is 21.3 Å². The van der Waals surface area contributed by atoms with Crippen LogP contribution in [-0.4, -0.2) is 18.0 Å². The highest BCUT2D eigenvalue weighted by atomic mass is 79.9. The fourth-order valence-electron chi connectivity index (χ4n) is 3.59. The summed E-state index contributed by atoms with van der Waals surface area (Å²) in [5.74, 6) is 0.972. The zero-order valence-electron chi connectivity index (χ0n) is 16.9. The summed E-state index contributed by atoms with van der Waals surface area (Å²) >= 11 is 7.01. The molecule has 0 fully saturated rings. The van der Waals surface area contributed by atoms with Crippen molar-refractivity contribution in [3.8, 4) is 17.2 Å². The molecule has 5 aromatic rings. The summed E-state index contributed by atoms with van der Waals surface area (Å²) in [6, 6.07) is 22.7. The highest BCUT2D eigenvalue weighted by Crippen LogP contribution is 2.34. The summed E-state index contributed by atoms with van der Waals surface area (Å²) in [5, 5.41) is 5.05. The predicted molar refractivity (Wildman–Crippen MR) is 133 cm³/mol. The first-order valence-corrected chi connectivity index (χ1v) is 11.4. The lowest BCUT2D eigenvalue weighted by Gasteiger charge is -2.07. The number of anilines is 1. The van der Waals surface area contributed by atoms with Gasteiger partial charge in [0.15, 0.2) is 5.58 Å². The molecule has 5 nitrogen and oxygen atoms in total. The molecule has 0 atom stereocenters. The molecule has 0 unspecified atom stereocenters. The van der Waals surface area contributed by atoms with Gasteiger partial charge in [-0.1, -0.05) is 40.2 Å². The van der Waals surface area contributed by atoms with E-state index in [-0.39, 0.29) is 5.91 Å².